The van der Waals surface area contributed by atoms with Crippen LogP contribution in [0.25, 0.3) is 5.69 Å². The predicted octanol–water partition coefficient (Wildman–Crippen LogP) is 4.11. The molecule has 15 nitrogen and oxygen atoms in total. The number of carbonyl (C=O) groups excluding carboxylic acids is 1. The Hall–Kier alpha value is -5.06. The van der Waals surface area contributed by atoms with E-state index in [0.717, 1.165) is 37.4 Å². The van der Waals surface area contributed by atoms with Crippen molar-refractivity contribution >= 4 is 45.2 Å². The Labute approximate surface area is 286 Å². The summed E-state index contributed by atoms with van der Waals surface area (Å²) in [5.41, 5.74) is -1.29. The number of fused-ring (bicyclic) bond motifs is 1. The lowest BCUT2D eigenvalue weighted by molar-refractivity contribution is -0.140. The second-order valence-corrected chi connectivity index (χ2v) is 12.0. The van der Waals surface area contributed by atoms with Gasteiger partial charge in [-0.2, -0.15) is 36.2 Å². The van der Waals surface area contributed by atoms with Gasteiger partial charge in [0, 0.05) is 25.2 Å². The van der Waals surface area contributed by atoms with Gasteiger partial charge in [-0.05, 0) is 31.0 Å². The van der Waals surface area contributed by atoms with E-state index in [1.165, 1.54) is 35.8 Å². The normalized spacial score (nSPS) is 12.4. The van der Waals surface area contributed by atoms with Crippen molar-refractivity contribution in [1.82, 2.24) is 34.0 Å². The van der Waals surface area contributed by atoms with Crippen LogP contribution in [0.5, 0.6) is 17.5 Å². The number of amides is 2. The van der Waals surface area contributed by atoms with Crippen LogP contribution in [0.4, 0.5) is 23.9 Å². The zero-order valence-electron chi connectivity index (χ0n) is 25.4. The lowest BCUT2D eigenvalue weighted by Gasteiger charge is -2.13. The Morgan fingerprint density at radius 1 is 1.10 bits per heavy atom. The highest BCUT2D eigenvalue weighted by Gasteiger charge is 2.38. The Bertz CT molecular complexity index is 2050. The third-order valence-electron chi connectivity index (χ3n) is 6.39. The van der Waals surface area contributed by atoms with Gasteiger partial charge in [0.05, 0.1) is 41.6 Å². The summed E-state index contributed by atoms with van der Waals surface area (Å²) in [7, 11) is -2.39. The number of pyridine rings is 1. The molecular formula is C28H25Cl2F3N8O7S. The van der Waals surface area contributed by atoms with Crippen LogP contribution in [0.2, 0.25) is 10.0 Å². The van der Waals surface area contributed by atoms with Crippen molar-refractivity contribution in [2.24, 2.45) is 0 Å². The number of aromatic nitrogens is 6. The van der Waals surface area contributed by atoms with Gasteiger partial charge in [-0.3, -0.25) is 9.88 Å². The molecule has 1 aliphatic heterocycles. The number of anilines is 1. The predicted molar refractivity (Wildman–Crippen MR) is 169 cm³/mol. The van der Waals surface area contributed by atoms with Gasteiger partial charge in [-0.25, -0.2) is 19.3 Å². The lowest BCUT2D eigenvalue weighted by Crippen LogP contribution is -2.36. The maximum atomic E-state index is 12.9. The lowest BCUT2D eigenvalue weighted by atomic mass is 10.2. The topological polar surface area (TPSA) is 181 Å². The number of aryl methyl sites for hydroxylation is 1. The van der Waals surface area contributed by atoms with Gasteiger partial charge in [-0.1, -0.05) is 29.1 Å². The first kappa shape index (κ1) is 36.8. The summed E-state index contributed by atoms with van der Waals surface area (Å²) in [6.07, 6.45) is 3.83. The van der Waals surface area contributed by atoms with Crippen LogP contribution in [0, 0.1) is 12.3 Å². The Morgan fingerprint density at radius 3 is 2.41 bits per heavy atom. The number of rotatable bonds is 8. The number of ether oxygens (including phenoxy) is 3. The van der Waals surface area contributed by atoms with Gasteiger partial charge in [0.1, 0.15) is 18.2 Å². The molecule has 0 saturated carbocycles. The molecule has 49 heavy (non-hydrogen) atoms. The molecule has 0 radical (unpaired) electrons. The van der Waals surface area contributed by atoms with Gasteiger partial charge in [0.2, 0.25) is 17.7 Å². The number of sulfonamides is 1. The molecule has 5 rings (SSSR count). The van der Waals surface area contributed by atoms with E-state index >= 15 is 0 Å². The molecule has 21 heteroatoms. The first-order chi connectivity index (χ1) is 23.2. The van der Waals surface area contributed by atoms with Crippen LogP contribution in [0.1, 0.15) is 24.2 Å². The van der Waals surface area contributed by atoms with Crippen LogP contribution in [-0.4, -0.2) is 64.6 Å². The fraction of sp³-hybridized carbons (Fsp3) is 0.286. The number of halogens is 5. The number of benzene rings is 1. The summed E-state index contributed by atoms with van der Waals surface area (Å²) in [6.45, 7) is 0.759. The summed E-state index contributed by atoms with van der Waals surface area (Å²) in [4.78, 5) is 35.0. The molecule has 2 N–H and O–H groups in total. The number of alkyl halides is 3. The highest BCUT2D eigenvalue weighted by Crippen LogP contribution is 2.34. The molecule has 0 spiro atoms. The second-order valence-electron chi connectivity index (χ2n) is 9.64. The summed E-state index contributed by atoms with van der Waals surface area (Å²) in [5, 5.41) is 5.64. The van der Waals surface area contributed by atoms with Crippen LogP contribution in [0.3, 0.4) is 0 Å². The van der Waals surface area contributed by atoms with Gasteiger partial charge in [0.25, 0.3) is 10.0 Å². The van der Waals surface area contributed by atoms with Crippen molar-refractivity contribution in [2.45, 2.75) is 37.0 Å². The number of nitrogens with zero attached hydrogens (tertiary/aromatic N) is 6. The Morgan fingerprint density at radius 2 is 1.80 bits per heavy atom. The van der Waals surface area contributed by atoms with Crippen LogP contribution < -0.4 is 29.9 Å². The number of hydrogen-bond acceptors (Lipinski definition) is 11. The number of hydrogen-bond donors (Lipinski definition) is 2. The smallest absolute Gasteiger partial charge is 0.419 e. The van der Waals surface area contributed by atoms with E-state index in [9.17, 15) is 31.2 Å². The number of terminal acetylenes is 1. The molecule has 4 aromatic rings. The minimum Gasteiger partial charge on any atom is -0.481 e. The summed E-state index contributed by atoms with van der Waals surface area (Å²) >= 11 is 12.3. The van der Waals surface area contributed by atoms with Crippen LogP contribution in [-0.2, 0) is 29.2 Å². The fourth-order valence-electron chi connectivity index (χ4n) is 4.25. The molecule has 1 aliphatic rings. The van der Waals surface area contributed by atoms with Crippen molar-refractivity contribution in [3.63, 3.8) is 0 Å². The zero-order chi connectivity index (χ0) is 35.9. The molecule has 0 fully saturated rings. The first-order valence-electron chi connectivity index (χ1n) is 13.8. The standard InChI is InChI=1S/C15H13Cl2N3O2.C13H12F3N5O5S/c1-2-7-22-13-9-12(10(16)8-11(13)17)20-15(21)19-6-4-3-5-14(19)18-20;1-25-8-6-9(26-2)19-11(18-8)20-12(22)21-27(23,24)10-7(13(14,15)16)4-3-5-17-10/h1,8-9H,3-7H2;3-6H,1-2H3,(H2,18,19,20,21,22). The SMILES string of the molecule is C#CCOc1cc(-n2nc3n(c2=O)CCCC3)c(Cl)cc1Cl.COc1cc(OC)nc(NC(=O)NS(=O)(=O)c2ncccc2C(F)(F)F)n1. The number of nitrogens with one attached hydrogen (secondary N) is 2. The van der Waals surface area contributed by atoms with Crippen LogP contribution in [0.15, 0.2) is 46.3 Å². The molecule has 0 saturated heterocycles. The van der Waals surface area contributed by atoms with Crippen molar-refractivity contribution in [3.8, 4) is 35.5 Å². The van der Waals surface area contributed by atoms with E-state index in [0.29, 0.717) is 34.1 Å². The van der Waals surface area contributed by atoms with Crippen molar-refractivity contribution in [2.75, 3.05) is 26.1 Å². The highest BCUT2D eigenvalue weighted by atomic mass is 35.5. The van der Waals surface area contributed by atoms with E-state index in [4.69, 9.17) is 43.8 Å². The molecule has 0 aliphatic carbocycles. The van der Waals surface area contributed by atoms with Crippen molar-refractivity contribution < 1.29 is 40.6 Å². The number of methoxy groups -OCH3 is 2. The average molecular weight is 746 g/mol. The van der Waals surface area contributed by atoms with E-state index < -0.39 is 38.8 Å². The van der Waals surface area contributed by atoms with E-state index in [1.807, 2.05) is 5.32 Å². The largest absolute Gasteiger partial charge is 0.481 e. The van der Waals surface area contributed by atoms with E-state index in [2.05, 4.69) is 26.0 Å². The molecule has 2 amide bonds. The molecule has 3 aromatic heterocycles. The van der Waals surface area contributed by atoms with Gasteiger partial charge in [-0.15, -0.1) is 11.5 Å². The molecule has 0 bridgehead atoms. The Kier molecular flexibility index (Phi) is 11.6. The van der Waals surface area contributed by atoms with Crippen molar-refractivity contribution in [3.05, 3.63) is 68.4 Å². The molecule has 4 heterocycles. The van der Waals surface area contributed by atoms with Crippen molar-refractivity contribution in [1.29, 1.82) is 0 Å². The zero-order valence-corrected chi connectivity index (χ0v) is 27.7. The van der Waals surface area contributed by atoms with E-state index in [1.54, 1.807) is 10.6 Å². The van der Waals surface area contributed by atoms with Gasteiger partial charge in [0.15, 0.2) is 5.03 Å². The summed E-state index contributed by atoms with van der Waals surface area (Å²) < 4.78 is 82.5. The summed E-state index contributed by atoms with van der Waals surface area (Å²) in [5.74, 6) is 3.08. The third kappa shape index (κ3) is 8.90. The van der Waals surface area contributed by atoms with Gasteiger partial charge < -0.3 is 14.2 Å². The Balaban J connectivity index is 0.000000225. The minimum absolute atomic E-state index is 0.0101. The summed E-state index contributed by atoms with van der Waals surface area (Å²) in [6, 6.07) is 4.42. The van der Waals surface area contributed by atoms with Crippen LogP contribution >= 0.6 is 23.2 Å². The molecular weight excluding hydrogens is 720 g/mol. The second kappa shape index (κ2) is 15.4. The fourth-order valence-corrected chi connectivity index (χ4v) is 5.84. The maximum Gasteiger partial charge on any atom is 0.419 e. The monoisotopic (exact) mass is 744 g/mol. The van der Waals surface area contributed by atoms with E-state index in [-0.39, 0.29) is 24.1 Å². The quantitative estimate of drug-likeness (QED) is 0.248. The first-order valence-corrected chi connectivity index (χ1v) is 16.0. The third-order valence-corrected chi connectivity index (χ3v) is 8.28. The minimum atomic E-state index is -4.99. The molecule has 0 atom stereocenters. The average Bonchev–Trinajstić information content (AvgIpc) is 3.39. The van der Waals surface area contributed by atoms with Gasteiger partial charge >= 0.3 is 17.9 Å². The molecule has 1 aromatic carbocycles. The maximum absolute atomic E-state index is 12.9. The number of urea groups is 1. The number of carbonyl (C=O) groups is 1. The molecule has 0 unspecified atom stereocenters. The highest BCUT2D eigenvalue weighted by molar-refractivity contribution is 7.90. The molecule has 260 valence electrons.